The molecule has 1 aliphatic rings. The van der Waals surface area contributed by atoms with Crippen LogP contribution in [0.5, 0.6) is 0 Å². The maximum Gasteiger partial charge on any atom is 0.277 e. The van der Waals surface area contributed by atoms with Crippen molar-refractivity contribution in [3.05, 3.63) is 64.1 Å². The maximum absolute atomic E-state index is 12.4. The third-order valence-electron chi connectivity index (χ3n) is 3.99. The topological polar surface area (TPSA) is 80.4 Å². The fourth-order valence-corrected chi connectivity index (χ4v) is 2.84. The fourth-order valence-electron chi connectivity index (χ4n) is 2.68. The van der Waals surface area contributed by atoms with Crippen molar-refractivity contribution >= 4 is 29.4 Å². The molecule has 3 aromatic rings. The van der Waals surface area contributed by atoms with Crippen LogP contribution in [0.1, 0.15) is 27.3 Å². The van der Waals surface area contributed by atoms with Gasteiger partial charge in [0.25, 0.3) is 5.91 Å². The summed E-state index contributed by atoms with van der Waals surface area (Å²) in [5.41, 5.74) is 4.38. The van der Waals surface area contributed by atoms with E-state index in [2.05, 4.69) is 20.4 Å². The molecule has 0 unspecified atom stereocenters. The molecular weight excluding hydrogens is 340 g/mol. The summed E-state index contributed by atoms with van der Waals surface area (Å²) in [6.45, 7) is 2.44. The van der Waals surface area contributed by atoms with Crippen LogP contribution in [-0.4, -0.2) is 22.3 Å². The van der Waals surface area contributed by atoms with Crippen molar-refractivity contribution in [2.24, 2.45) is 4.99 Å². The molecule has 6 nitrogen and oxygen atoms in total. The number of carbonyl (C=O) groups excluding carboxylic acids is 1. The monoisotopic (exact) mass is 352 g/mol. The van der Waals surface area contributed by atoms with Gasteiger partial charge in [0.15, 0.2) is 11.5 Å². The molecule has 0 radical (unpaired) electrons. The highest BCUT2D eigenvalue weighted by Gasteiger charge is 2.19. The number of pyridine rings is 1. The number of aromatic nitrogens is 2. The Hall–Kier alpha value is -2.99. The molecule has 0 spiro atoms. The zero-order valence-electron chi connectivity index (χ0n) is 13.3. The number of aryl methyl sites for hydroxylation is 1. The Bertz CT molecular complexity index is 1010. The predicted molar refractivity (Wildman–Crippen MR) is 95.2 cm³/mol. The number of hydrogen-bond acceptors (Lipinski definition) is 5. The molecule has 124 valence electrons. The summed E-state index contributed by atoms with van der Waals surface area (Å²) in [4.78, 5) is 20.8. The molecule has 3 heterocycles. The average Bonchev–Trinajstić information content (AvgIpc) is 3.26. The summed E-state index contributed by atoms with van der Waals surface area (Å²) in [5.74, 6) is 0.139. The van der Waals surface area contributed by atoms with Gasteiger partial charge in [-0.1, -0.05) is 35.0 Å². The molecule has 0 fully saturated rings. The molecule has 0 atom stereocenters. The number of benzene rings is 1. The smallest absolute Gasteiger partial charge is 0.277 e. The number of hydrogen-bond donors (Lipinski definition) is 1. The van der Waals surface area contributed by atoms with Crippen LogP contribution in [0.15, 0.2) is 46.0 Å². The number of aliphatic imine (C=N–C) groups is 1. The number of nitrogens with zero attached hydrogens (tertiary/aromatic N) is 3. The fraction of sp³-hybridized carbons (Fsp3) is 0.111. The summed E-state index contributed by atoms with van der Waals surface area (Å²) in [6.07, 6.45) is 3.34. The van der Waals surface area contributed by atoms with Crippen LogP contribution in [-0.2, 0) is 6.54 Å². The minimum Gasteiger partial charge on any atom is -0.355 e. The van der Waals surface area contributed by atoms with Gasteiger partial charge in [-0.15, -0.1) is 0 Å². The van der Waals surface area contributed by atoms with E-state index in [1.807, 2.05) is 24.4 Å². The van der Waals surface area contributed by atoms with Crippen molar-refractivity contribution < 1.29 is 9.32 Å². The van der Waals surface area contributed by atoms with Gasteiger partial charge < -0.3 is 9.84 Å². The van der Waals surface area contributed by atoms with Gasteiger partial charge in [-0.2, -0.15) is 0 Å². The normalized spacial score (nSPS) is 12.2. The summed E-state index contributed by atoms with van der Waals surface area (Å²) < 4.78 is 5.37. The standard InChI is InChI=1S/C18H13ClN4O2/c1-10-15(5-12(19)8-21-10)22-18(24)16-6-17(25-23-16)13-4-2-3-11-7-20-9-14(11)13/h2-6,8-9H,7H2,1H3,(H,22,24). The van der Waals surface area contributed by atoms with Gasteiger partial charge in [0.2, 0.25) is 0 Å². The minimum atomic E-state index is -0.386. The number of halogens is 1. The molecule has 7 heteroatoms. The molecule has 1 N–H and O–H groups in total. The Labute approximate surface area is 148 Å². The highest BCUT2D eigenvalue weighted by Crippen LogP contribution is 2.29. The first kappa shape index (κ1) is 15.5. The van der Waals surface area contributed by atoms with Crippen LogP contribution in [0.25, 0.3) is 11.3 Å². The molecular formula is C18H13ClN4O2. The van der Waals surface area contributed by atoms with Crippen molar-refractivity contribution in [3.63, 3.8) is 0 Å². The minimum absolute atomic E-state index is 0.182. The lowest BCUT2D eigenvalue weighted by atomic mass is 10.0. The van der Waals surface area contributed by atoms with Crippen LogP contribution < -0.4 is 5.32 Å². The zero-order chi connectivity index (χ0) is 17.4. The Morgan fingerprint density at radius 3 is 3.08 bits per heavy atom. The summed E-state index contributed by atoms with van der Waals surface area (Å²) in [5, 5.41) is 7.08. The lowest BCUT2D eigenvalue weighted by molar-refractivity contribution is 0.101. The van der Waals surface area contributed by atoms with E-state index in [4.69, 9.17) is 16.1 Å². The van der Waals surface area contributed by atoms with Gasteiger partial charge in [-0.25, -0.2) is 0 Å². The second-order valence-corrected chi connectivity index (χ2v) is 6.10. The van der Waals surface area contributed by atoms with Crippen molar-refractivity contribution in [2.75, 3.05) is 5.32 Å². The van der Waals surface area contributed by atoms with Crippen LogP contribution in [0.4, 0.5) is 5.69 Å². The van der Waals surface area contributed by atoms with Crippen molar-refractivity contribution in [3.8, 4) is 11.3 Å². The van der Waals surface area contributed by atoms with E-state index in [0.29, 0.717) is 28.7 Å². The van der Waals surface area contributed by atoms with Gasteiger partial charge in [0.1, 0.15) is 0 Å². The largest absolute Gasteiger partial charge is 0.355 e. The van der Waals surface area contributed by atoms with Crippen LogP contribution in [0, 0.1) is 6.92 Å². The third-order valence-corrected chi connectivity index (χ3v) is 4.20. The number of rotatable bonds is 3. The van der Waals surface area contributed by atoms with E-state index in [-0.39, 0.29) is 11.6 Å². The SMILES string of the molecule is Cc1ncc(Cl)cc1NC(=O)c1cc(-c2cccc3c2C=NC3)on1. The Balaban J connectivity index is 1.61. The van der Waals surface area contributed by atoms with Gasteiger partial charge in [0, 0.05) is 29.6 Å². The molecule has 1 amide bonds. The van der Waals surface area contributed by atoms with E-state index in [9.17, 15) is 4.79 Å². The first-order valence-electron chi connectivity index (χ1n) is 7.64. The molecule has 0 aliphatic carbocycles. The van der Waals surface area contributed by atoms with Crippen molar-refractivity contribution in [1.29, 1.82) is 0 Å². The second-order valence-electron chi connectivity index (χ2n) is 5.67. The molecule has 1 aromatic carbocycles. The highest BCUT2D eigenvalue weighted by atomic mass is 35.5. The number of amides is 1. The molecule has 0 bridgehead atoms. The van der Waals surface area contributed by atoms with Gasteiger partial charge >= 0.3 is 0 Å². The van der Waals surface area contributed by atoms with E-state index in [0.717, 1.165) is 16.7 Å². The Morgan fingerprint density at radius 1 is 1.32 bits per heavy atom. The predicted octanol–water partition coefficient (Wildman–Crippen LogP) is 3.88. The zero-order valence-corrected chi connectivity index (χ0v) is 14.0. The first-order valence-corrected chi connectivity index (χ1v) is 8.02. The first-order chi connectivity index (χ1) is 12.1. The molecule has 1 aliphatic heterocycles. The quantitative estimate of drug-likeness (QED) is 0.775. The summed E-state index contributed by atoms with van der Waals surface area (Å²) in [6, 6.07) is 9.13. The number of nitrogens with one attached hydrogen (secondary N) is 1. The molecule has 0 saturated carbocycles. The number of fused-ring (bicyclic) bond motifs is 1. The van der Waals surface area contributed by atoms with Crippen molar-refractivity contribution in [1.82, 2.24) is 10.1 Å². The molecule has 25 heavy (non-hydrogen) atoms. The van der Waals surface area contributed by atoms with Gasteiger partial charge in [-0.3, -0.25) is 14.8 Å². The van der Waals surface area contributed by atoms with E-state index in [1.165, 1.54) is 6.20 Å². The number of carbonyl (C=O) groups is 1. The van der Waals surface area contributed by atoms with Crippen molar-refractivity contribution in [2.45, 2.75) is 13.5 Å². The highest BCUT2D eigenvalue weighted by molar-refractivity contribution is 6.30. The van der Waals surface area contributed by atoms with E-state index >= 15 is 0 Å². The van der Waals surface area contributed by atoms with Crippen LogP contribution >= 0.6 is 11.6 Å². The third kappa shape index (κ3) is 2.92. The molecule has 4 rings (SSSR count). The molecule has 2 aromatic heterocycles. The Kier molecular flexibility index (Phi) is 3.82. The van der Waals surface area contributed by atoms with Crippen LogP contribution in [0.3, 0.4) is 0 Å². The second kappa shape index (κ2) is 6.14. The number of anilines is 1. The lowest BCUT2D eigenvalue weighted by Crippen LogP contribution is -2.13. The Morgan fingerprint density at radius 2 is 2.20 bits per heavy atom. The average molecular weight is 353 g/mol. The van der Waals surface area contributed by atoms with E-state index < -0.39 is 0 Å². The summed E-state index contributed by atoms with van der Waals surface area (Å²) >= 11 is 5.92. The van der Waals surface area contributed by atoms with Gasteiger partial charge in [0.05, 0.1) is 22.9 Å². The van der Waals surface area contributed by atoms with E-state index in [1.54, 1.807) is 19.1 Å². The van der Waals surface area contributed by atoms with Crippen LogP contribution in [0.2, 0.25) is 5.02 Å². The maximum atomic E-state index is 12.4. The van der Waals surface area contributed by atoms with Gasteiger partial charge in [-0.05, 0) is 18.6 Å². The summed E-state index contributed by atoms with van der Waals surface area (Å²) in [7, 11) is 0. The molecule has 0 saturated heterocycles. The lowest BCUT2D eigenvalue weighted by Gasteiger charge is -2.06.